The van der Waals surface area contributed by atoms with Crippen LogP contribution < -0.4 is 0 Å². The van der Waals surface area contributed by atoms with Crippen LogP contribution in [0.15, 0.2) is 47.5 Å². The molecule has 0 radical (unpaired) electrons. The molecule has 1 aromatic carbocycles. The summed E-state index contributed by atoms with van der Waals surface area (Å²) in [5, 5.41) is 11.1. The van der Waals surface area contributed by atoms with Crippen molar-refractivity contribution in [1.82, 2.24) is 14.2 Å². The van der Waals surface area contributed by atoms with E-state index in [1.54, 1.807) is 6.20 Å². The van der Waals surface area contributed by atoms with Gasteiger partial charge in [0.2, 0.25) is 10.0 Å². The lowest BCUT2D eigenvalue weighted by molar-refractivity contribution is -0.385. The zero-order valence-electron chi connectivity index (χ0n) is 14.4. The number of piperazine rings is 1. The van der Waals surface area contributed by atoms with Gasteiger partial charge in [-0.25, -0.2) is 8.42 Å². The first-order chi connectivity index (χ1) is 12.4. The minimum atomic E-state index is -3.76. The fraction of sp³-hybridized carbons (Fsp3) is 0.353. The van der Waals surface area contributed by atoms with Crippen LogP contribution in [0.4, 0.5) is 5.69 Å². The van der Waals surface area contributed by atoms with Crippen LogP contribution in [0.25, 0.3) is 0 Å². The Kier molecular flexibility index (Phi) is 5.30. The smallest absolute Gasteiger partial charge is 0.273 e. The van der Waals surface area contributed by atoms with Crippen molar-refractivity contribution in [1.29, 1.82) is 0 Å². The SMILES string of the molecule is Cc1c([N+](=O)[O-])cccc1S(=O)(=O)N1CCN(Cc2ccccn2)CC1. The molecule has 26 heavy (non-hydrogen) atoms. The van der Waals surface area contributed by atoms with E-state index >= 15 is 0 Å². The summed E-state index contributed by atoms with van der Waals surface area (Å²) in [6.45, 7) is 4.01. The first kappa shape index (κ1) is 18.4. The second-order valence-electron chi connectivity index (χ2n) is 6.16. The van der Waals surface area contributed by atoms with Crippen LogP contribution >= 0.6 is 0 Å². The maximum Gasteiger partial charge on any atom is 0.273 e. The Bertz CT molecular complexity index is 894. The normalized spacial score (nSPS) is 16.5. The minimum absolute atomic E-state index is 0.00451. The quantitative estimate of drug-likeness (QED) is 0.583. The highest BCUT2D eigenvalue weighted by atomic mass is 32.2. The molecule has 1 saturated heterocycles. The topological polar surface area (TPSA) is 96.6 Å². The summed E-state index contributed by atoms with van der Waals surface area (Å²) < 4.78 is 27.2. The number of hydrogen-bond donors (Lipinski definition) is 0. The molecule has 1 aromatic heterocycles. The summed E-state index contributed by atoms with van der Waals surface area (Å²) in [7, 11) is -3.76. The van der Waals surface area contributed by atoms with Crippen LogP contribution in [-0.2, 0) is 16.6 Å². The number of hydrogen-bond acceptors (Lipinski definition) is 6. The van der Waals surface area contributed by atoms with Crippen molar-refractivity contribution in [3.05, 3.63) is 64.0 Å². The van der Waals surface area contributed by atoms with Gasteiger partial charge in [0, 0.05) is 50.6 Å². The number of nitro groups is 1. The second-order valence-corrected chi connectivity index (χ2v) is 8.07. The Morgan fingerprint density at radius 3 is 2.46 bits per heavy atom. The highest BCUT2D eigenvalue weighted by molar-refractivity contribution is 7.89. The Morgan fingerprint density at radius 2 is 1.85 bits per heavy atom. The first-order valence-electron chi connectivity index (χ1n) is 8.26. The number of nitro benzene ring substituents is 1. The lowest BCUT2D eigenvalue weighted by Gasteiger charge is -2.33. The van der Waals surface area contributed by atoms with E-state index in [1.807, 2.05) is 18.2 Å². The second kappa shape index (κ2) is 7.48. The van der Waals surface area contributed by atoms with E-state index in [0.29, 0.717) is 32.7 Å². The van der Waals surface area contributed by atoms with Crippen LogP contribution in [0.5, 0.6) is 0 Å². The van der Waals surface area contributed by atoms with Gasteiger partial charge in [0.15, 0.2) is 0 Å². The summed E-state index contributed by atoms with van der Waals surface area (Å²) in [5.74, 6) is 0. The molecule has 3 rings (SSSR count). The number of benzene rings is 1. The van der Waals surface area contributed by atoms with Gasteiger partial charge in [0.1, 0.15) is 0 Å². The summed E-state index contributed by atoms with van der Waals surface area (Å²) >= 11 is 0. The molecule has 0 N–H and O–H groups in total. The van der Waals surface area contributed by atoms with E-state index in [4.69, 9.17) is 0 Å². The molecule has 1 fully saturated rings. The lowest BCUT2D eigenvalue weighted by Crippen LogP contribution is -2.48. The van der Waals surface area contributed by atoms with E-state index in [-0.39, 0.29) is 16.1 Å². The van der Waals surface area contributed by atoms with E-state index in [0.717, 1.165) is 5.69 Å². The number of sulfonamides is 1. The predicted molar refractivity (Wildman–Crippen MR) is 96.1 cm³/mol. The average Bonchev–Trinajstić information content (AvgIpc) is 2.63. The van der Waals surface area contributed by atoms with Gasteiger partial charge >= 0.3 is 0 Å². The van der Waals surface area contributed by atoms with Crippen molar-refractivity contribution in [2.45, 2.75) is 18.4 Å². The van der Waals surface area contributed by atoms with Gasteiger partial charge in [-0.3, -0.25) is 20.0 Å². The number of rotatable bonds is 5. The Hall–Kier alpha value is -2.36. The van der Waals surface area contributed by atoms with Crippen molar-refractivity contribution in [3.8, 4) is 0 Å². The highest BCUT2D eigenvalue weighted by Crippen LogP contribution is 2.27. The molecule has 138 valence electrons. The third kappa shape index (κ3) is 3.74. The van der Waals surface area contributed by atoms with Crippen LogP contribution in [0, 0.1) is 17.0 Å². The van der Waals surface area contributed by atoms with E-state index in [9.17, 15) is 18.5 Å². The Balaban J connectivity index is 1.72. The average molecular weight is 376 g/mol. The summed E-state index contributed by atoms with van der Waals surface area (Å²) in [4.78, 5) is 17.0. The molecule has 2 aromatic rings. The predicted octanol–water partition coefficient (Wildman–Crippen LogP) is 1.80. The zero-order chi connectivity index (χ0) is 18.7. The van der Waals surface area contributed by atoms with E-state index < -0.39 is 14.9 Å². The van der Waals surface area contributed by atoms with Crippen LogP contribution in [0.3, 0.4) is 0 Å². The zero-order valence-corrected chi connectivity index (χ0v) is 15.2. The lowest BCUT2D eigenvalue weighted by atomic mass is 10.2. The maximum atomic E-state index is 12.9. The first-order valence-corrected chi connectivity index (χ1v) is 9.70. The van der Waals surface area contributed by atoms with Crippen molar-refractivity contribution < 1.29 is 13.3 Å². The largest absolute Gasteiger partial charge is 0.295 e. The molecular formula is C17H20N4O4S. The standard InChI is InChI=1S/C17H20N4O4S/c1-14-16(21(22)23)6-4-7-17(14)26(24,25)20-11-9-19(10-12-20)13-15-5-2-3-8-18-15/h2-8H,9-13H2,1H3. The molecule has 0 amide bonds. The highest BCUT2D eigenvalue weighted by Gasteiger charge is 2.31. The minimum Gasteiger partial charge on any atom is -0.295 e. The molecule has 0 spiro atoms. The van der Waals surface area contributed by atoms with Crippen molar-refractivity contribution in [3.63, 3.8) is 0 Å². The van der Waals surface area contributed by atoms with Gasteiger partial charge in [0.05, 0.1) is 15.5 Å². The van der Waals surface area contributed by atoms with Gasteiger partial charge in [-0.05, 0) is 25.1 Å². The third-order valence-corrected chi connectivity index (χ3v) is 6.56. The van der Waals surface area contributed by atoms with Gasteiger partial charge in [-0.15, -0.1) is 0 Å². The van der Waals surface area contributed by atoms with Gasteiger partial charge < -0.3 is 0 Å². The Labute approximate surface area is 152 Å². The van der Waals surface area contributed by atoms with Crippen molar-refractivity contribution in [2.24, 2.45) is 0 Å². The molecular weight excluding hydrogens is 356 g/mol. The maximum absolute atomic E-state index is 12.9. The fourth-order valence-electron chi connectivity index (χ4n) is 3.07. The summed E-state index contributed by atoms with van der Waals surface area (Å²) in [5.41, 5.74) is 0.937. The molecule has 0 bridgehead atoms. The van der Waals surface area contributed by atoms with Crippen molar-refractivity contribution in [2.75, 3.05) is 26.2 Å². The molecule has 2 heterocycles. The molecule has 1 aliphatic heterocycles. The number of nitrogens with zero attached hydrogens (tertiary/aromatic N) is 4. The summed E-state index contributed by atoms with van der Waals surface area (Å²) in [6.07, 6.45) is 1.74. The monoisotopic (exact) mass is 376 g/mol. The number of pyridine rings is 1. The molecule has 0 aliphatic carbocycles. The van der Waals surface area contributed by atoms with E-state index in [1.165, 1.54) is 29.4 Å². The molecule has 0 saturated carbocycles. The van der Waals surface area contributed by atoms with Crippen LogP contribution in [-0.4, -0.2) is 53.7 Å². The Morgan fingerprint density at radius 1 is 1.12 bits per heavy atom. The molecule has 9 heteroatoms. The number of aromatic nitrogens is 1. The van der Waals surface area contributed by atoms with Crippen LogP contribution in [0.1, 0.15) is 11.3 Å². The van der Waals surface area contributed by atoms with Crippen molar-refractivity contribution >= 4 is 15.7 Å². The van der Waals surface area contributed by atoms with Crippen LogP contribution in [0.2, 0.25) is 0 Å². The summed E-state index contributed by atoms with van der Waals surface area (Å²) in [6, 6.07) is 9.88. The third-order valence-electron chi connectivity index (χ3n) is 4.51. The molecule has 0 unspecified atom stereocenters. The molecule has 0 atom stereocenters. The van der Waals surface area contributed by atoms with Gasteiger partial charge in [-0.1, -0.05) is 12.1 Å². The molecule has 1 aliphatic rings. The fourth-order valence-corrected chi connectivity index (χ4v) is 4.73. The van der Waals surface area contributed by atoms with E-state index in [2.05, 4.69) is 9.88 Å². The van der Waals surface area contributed by atoms with Gasteiger partial charge in [-0.2, -0.15) is 4.31 Å². The van der Waals surface area contributed by atoms with Gasteiger partial charge in [0.25, 0.3) is 5.69 Å². The molecule has 8 nitrogen and oxygen atoms in total.